The van der Waals surface area contributed by atoms with E-state index in [1.54, 1.807) is 11.0 Å². The molecule has 1 aromatic heterocycles. The van der Waals surface area contributed by atoms with E-state index in [1.807, 2.05) is 48.0 Å². The molecule has 3 heterocycles. The Bertz CT molecular complexity index is 979. The first kappa shape index (κ1) is 18.6. The van der Waals surface area contributed by atoms with Crippen LogP contribution >= 0.6 is 11.8 Å². The van der Waals surface area contributed by atoms with Gasteiger partial charge in [0.1, 0.15) is 6.54 Å². The highest BCUT2D eigenvalue weighted by atomic mass is 32.2. The Balaban J connectivity index is 1.46. The molecule has 0 radical (unpaired) electrons. The third kappa shape index (κ3) is 3.49. The molecular formula is C21H21N3O3S. The number of imide groups is 1. The summed E-state index contributed by atoms with van der Waals surface area (Å²) >= 11 is 0.891. The van der Waals surface area contributed by atoms with Crippen LogP contribution in [0, 0.1) is 0 Å². The first-order valence-corrected chi connectivity index (χ1v) is 10.1. The topological polar surface area (TPSA) is 62.6 Å². The maximum absolute atomic E-state index is 12.7. The Kier molecular flexibility index (Phi) is 5.09. The van der Waals surface area contributed by atoms with Crippen molar-refractivity contribution in [3.05, 3.63) is 64.3 Å². The van der Waals surface area contributed by atoms with Crippen molar-refractivity contribution in [2.45, 2.75) is 26.4 Å². The molecule has 0 bridgehead atoms. The minimum atomic E-state index is -0.399. The van der Waals surface area contributed by atoms with E-state index < -0.39 is 11.1 Å². The molecule has 1 aromatic carbocycles. The van der Waals surface area contributed by atoms with Crippen LogP contribution in [0.15, 0.2) is 47.5 Å². The van der Waals surface area contributed by atoms with Crippen molar-refractivity contribution in [2.75, 3.05) is 13.1 Å². The van der Waals surface area contributed by atoms with E-state index in [0.717, 1.165) is 40.9 Å². The van der Waals surface area contributed by atoms with Crippen molar-refractivity contribution >= 4 is 34.9 Å². The summed E-state index contributed by atoms with van der Waals surface area (Å²) < 4.78 is 1.99. The smallest absolute Gasteiger partial charge is 0.294 e. The Morgan fingerprint density at radius 2 is 1.93 bits per heavy atom. The van der Waals surface area contributed by atoms with Gasteiger partial charge in [0.2, 0.25) is 5.91 Å². The zero-order valence-corrected chi connectivity index (χ0v) is 16.4. The SMILES string of the molecule is CCn1cccc1/C=C1\SC(=O)N(CC(=O)N2CCc3ccccc3C2)C1=O. The lowest BCUT2D eigenvalue weighted by Gasteiger charge is -2.29. The van der Waals surface area contributed by atoms with Crippen LogP contribution in [-0.2, 0) is 29.1 Å². The highest BCUT2D eigenvalue weighted by molar-refractivity contribution is 8.18. The van der Waals surface area contributed by atoms with E-state index >= 15 is 0 Å². The van der Waals surface area contributed by atoms with Crippen LogP contribution in [0.1, 0.15) is 23.7 Å². The van der Waals surface area contributed by atoms with E-state index in [4.69, 9.17) is 0 Å². The summed E-state index contributed by atoms with van der Waals surface area (Å²) in [5.41, 5.74) is 3.24. The number of aromatic nitrogens is 1. The highest BCUT2D eigenvalue weighted by Gasteiger charge is 2.37. The number of nitrogens with zero attached hydrogens (tertiary/aromatic N) is 3. The van der Waals surface area contributed by atoms with Crippen molar-refractivity contribution in [3.8, 4) is 0 Å². The van der Waals surface area contributed by atoms with Gasteiger partial charge < -0.3 is 9.47 Å². The van der Waals surface area contributed by atoms with Crippen molar-refractivity contribution in [3.63, 3.8) is 0 Å². The normalized spacial score (nSPS) is 18.1. The van der Waals surface area contributed by atoms with Gasteiger partial charge in [-0.15, -0.1) is 0 Å². The number of hydrogen-bond acceptors (Lipinski definition) is 4. The molecule has 0 spiro atoms. The first-order valence-electron chi connectivity index (χ1n) is 9.32. The van der Waals surface area contributed by atoms with Crippen LogP contribution in [0.5, 0.6) is 0 Å². The number of carbonyl (C=O) groups excluding carboxylic acids is 3. The molecule has 0 unspecified atom stereocenters. The molecule has 0 atom stereocenters. The summed E-state index contributed by atoms with van der Waals surface area (Å²) in [4.78, 5) is 40.9. The van der Waals surface area contributed by atoms with Gasteiger partial charge in [-0.05, 0) is 54.4 Å². The molecule has 4 rings (SSSR count). The van der Waals surface area contributed by atoms with E-state index in [9.17, 15) is 14.4 Å². The van der Waals surface area contributed by atoms with Gasteiger partial charge in [0.05, 0.1) is 4.91 Å². The zero-order chi connectivity index (χ0) is 19.7. The Hall–Kier alpha value is -2.80. The summed E-state index contributed by atoms with van der Waals surface area (Å²) in [7, 11) is 0. The summed E-state index contributed by atoms with van der Waals surface area (Å²) in [6.07, 6.45) is 4.43. The van der Waals surface area contributed by atoms with Gasteiger partial charge >= 0.3 is 0 Å². The lowest BCUT2D eigenvalue weighted by Crippen LogP contribution is -2.44. The number of benzene rings is 1. The summed E-state index contributed by atoms with van der Waals surface area (Å²) in [6.45, 7) is 3.70. The van der Waals surface area contributed by atoms with Crippen LogP contribution in [-0.4, -0.2) is 44.5 Å². The fourth-order valence-corrected chi connectivity index (χ4v) is 4.38. The van der Waals surface area contributed by atoms with Gasteiger partial charge in [0.15, 0.2) is 0 Å². The fourth-order valence-electron chi connectivity index (χ4n) is 3.56. The van der Waals surface area contributed by atoms with E-state index in [0.29, 0.717) is 18.0 Å². The Labute approximate surface area is 167 Å². The van der Waals surface area contributed by atoms with Crippen LogP contribution in [0.4, 0.5) is 4.79 Å². The number of carbonyl (C=O) groups is 3. The van der Waals surface area contributed by atoms with E-state index in [1.165, 1.54) is 5.56 Å². The molecule has 28 heavy (non-hydrogen) atoms. The van der Waals surface area contributed by atoms with Gasteiger partial charge in [0, 0.05) is 31.5 Å². The number of hydrogen-bond donors (Lipinski definition) is 0. The van der Waals surface area contributed by atoms with Crippen molar-refractivity contribution in [1.29, 1.82) is 0 Å². The molecule has 3 amide bonds. The molecular weight excluding hydrogens is 374 g/mol. The zero-order valence-electron chi connectivity index (χ0n) is 15.6. The fraction of sp³-hybridized carbons (Fsp3) is 0.286. The number of aryl methyl sites for hydroxylation is 1. The second kappa shape index (κ2) is 7.67. The predicted octanol–water partition coefficient (Wildman–Crippen LogP) is 3.13. The average Bonchev–Trinajstić information content (AvgIpc) is 3.27. The lowest BCUT2D eigenvalue weighted by atomic mass is 10.00. The predicted molar refractivity (Wildman–Crippen MR) is 108 cm³/mol. The maximum Gasteiger partial charge on any atom is 0.294 e. The summed E-state index contributed by atoms with van der Waals surface area (Å²) in [6, 6.07) is 11.8. The number of fused-ring (bicyclic) bond motifs is 1. The van der Waals surface area contributed by atoms with E-state index in [-0.39, 0.29) is 12.5 Å². The number of rotatable bonds is 4. The Morgan fingerprint density at radius 1 is 1.14 bits per heavy atom. The van der Waals surface area contributed by atoms with Crippen LogP contribution in [0.2, 0.25) is 0 Å². The quantitative estimate of drug-likeness (QED) is 0.746. The van der Waals surface area contributed by atoms with Gasteiger partial charge in [-0.3, -0.25) is 19.3 Å². The highest BCUT2D eigenvalue weighted by Crippen LogP contribution is 2.32. The van der Waals surface area contributed by atoms with Crippen LogP contribution in [0.25, 0.3) is 6.08 Å². The summed E-state index contributed by atoms with van der Waals surface area (Å²) in [5, 5.41) is -0.392. The summed E-state index contributed by atoms with van der Waals surface area (Å²) in [5.74, 6) is -0.598. The molecule has 144 valence electrons. The number of thioether (sulfide) groups is 1. The molecule has 1 saturated heterocycles. The second-order valence-corrected chi connectivity index (χ2v) is 7.81. The monoisotopic (exact) mass is 395 g/mol. The standard InChI is InChI=1S/C21H21N3O3S/c1-2-22-10-5-8-17(22)12-18-20(26)24(21(27)28-18)14-19(25)23-11-9-15-6-3-4-7-16(15)13-23/h3-8,10,12H,2,9,11,13-14H2,1H3/b18-12-. The molecule has 2 aromatic rings. The largest absolute Gasteiger partial charge is 0.348 e. The molecule has 0 N–H and O–H groups in total. The molecule has 6 nitrogen and oxygen atoms in total. The number of amides is 3. The molecule has 2 aliphatic rings. The third-order valence-electron chi connectivity index (χ3n) is 5.13. The van der Waals surface area contributed by atoms with Crippen LogP contribution < -0.4 is 0 Å². The third-order valence-corrected chi connectivity index (χ3v) is 6.04. The van der Waals surface area contributed by atoms with Crippen molar-refractivity contribution in [1.82, 2.24) is 14.4 Å². The van der Waals surface area contributed by atoms with Gasteiger partial charge in [-0.1, -0.05) is 24.3 Å². The molecule has 7 heteroatoms. The van der Waals surface area contributed by atoms with Gasteiger partial charge in [-0.25, -0.2) is 0 Å². The molecule has 0 saturated carbocycles. The second-order valence-electron chi connectivity index (χ2n) is 6.82. The molecule has 2 aliphatic heterocycles. The molecule has 0 aliphatic carbocycles. The van der Waals surface area contributed by atoms with Crippen molar-refractivity contribution < 1.29 is 14.4 Å². The van der Waals surface area contributed by atoms with E-state index in [2.05, 4.69) is 6.07 Å². The van der Waals surface area contributed by atoms with Gasteiger partial charge in [-0.2, -0.15) is 0 Å². The lowest BCUT2D eigenvalue weighted by molar-refractivity contribution is -0.136. The molecule has 1 fully saturated rings. The minimum absolute atomic E-state index is 0.199. The maximum atomic E-state index is 12.7. The van der Waals surface area contributed by atoms with Crippen molar-refractivity contribution in [2.24, 2.45) is 0 Å². The first-order chi connectivity index (χ1) is 13.6. The average molecular weight is 395 g/mol. The van der Waals surface area contributed by atoms with Crippen LogP contribution in [0.3, 0.4) is 0 Å². The Morgan fingerprint density at radius 3 is 2.71 bits per heavy atom. The minimum Gasteiger partial charge on any atom is -0.348 e. The van der Waals surface area contributed by atoms with Gasteiger partial charge in [0.25, 0.3) is 11.1 Å².